The van der Waals surface area contributed by atoms with Gasteiger partial charge in [-0.15, -0.1) is 11.3 Å². The second-order valence-electron chi connectivity index (χ2n) is 6.72. The zero-order chi connectivity index (χ0) is 15.5. The molecule has 3 nitrogen and oxygen atoms in total. The largest absolute Gasteiger partial charge is 0.338 e. The van der Waals surface area contributed by atoms with Gasteiger partial charge in [0.1, 0.15) is 0 Å². The molecule has 2 atom stereocenters. The van der Waals surface area contributed by atoms with E-state index < -0.39 is 0 Å². The van der Waals surface area contributed by atoms with Crippen LogP contribution in [0, 0.1) is 5.92 Å². The van der Waals surface area contributed by atoms with E-state index in [4.69, 9.17) is 11.6 Å². The molecule has 3 rings (SSSR count). The highest BCUT2D eigenvalue weighted by Gasteiger charge is 2.35. The fourth-order valence-corrected chi connectivity index (χ4v) is 5.18. The molecule has 1 saturated carbocycles. The number of rotatable bonds is 4. The van der Waals surface area contributed by atoms with Gasteiger partial charge in [-0.05, 0) is 50.8 Å². The first-order chi connectivity index (χ1) is 10.6. The Labute approximate surface area is 142 Å². The summed E-state index contributed by atoms with van der Waals surface area (Å²) < 4.78 is 0.816. The number of amides is 1. The third kappa shape index (κ3) is 3.84. The van der Waals surface area contributed by atoms with Crippen molar-refractivity contribution in [2.24, 2.45) is 5.92 Å². The van der Waals surface area contributed by atoms with Gasteiger partial charge < -0.3 is 4.90 Å². The predicted octanol–water partition coefficient (Wildman–Crippen LogP) is 4.01. The van der Waals surface area contributed by atoms with Crippen LogP contribution in [0.15, 0.2) is 12.1 Å². The van der Waals surface area contributed by atoms with Crippen molar-refractivity contribution in [3.8, 4) is 0 Å². The normalized spacial score (nSPS) is 25.3. The molecule has 2 fully saturated rings. The van der Waals surface area contributed by atoms with E-state index in [1.807, 2.05) is 19.2 Å². The zero-order valence-electron chi connectivity index (χ0n) is 13.3. The summed E-state index contributed by atoms with van der Waals surface area (Å²) in [6.07, 6.45) is 7.66. The highest BCUT2D eigenvalue weighted by molar-refractivity contribution is 7.16. The Morgan fingerprint density at radius 3 is 2.86 bits per heavy atom. The highest BCUT2D eigenvalue weighted by atomic mass is 35.5. The van der Waals surface area contributed by atoms with Gasteiger partial charge in [-0.25, -0.2) is 0 Å². The second-order valence-corrected chi connectivity index (χ2v) is 8.52. The standard InChI is InChI=1S/C17H25ClN2OS/c1-19(11-14-8-9-16(18)22-14)12-17(21)20-10-4-6-13-5-2-3-7-15(13)20/h8-9,13,15H,2-7,10-12H2,1H3. The Balaban J connectivity index is 1.56. The summed E-state index contributed by atoms with van der Waals surface area (Å²) in [4.78, 5) is 18.2. The lowest BCUT2D eigenvalue weighted by molar-refractivity contribution is -0.138. The first-order valence-corrected chi connectivity index (χ1v) is 9.55. The van der Waals surface area contributed by atoms with Crippen molar-refractivity contribution in [2.45, 2.75) is 51.1 Å². The SMILES string of the molecule is CN(CC(=O)N1CCCC2CCCCC21)Cc1ccc(Cl)s1. The van der Waals surface area contributed by atoms with Gasteiger partial charge in [-0.3, -0.25) is 9.69 Å². The summed E-state index contributed by atoms with van der Waals surface area (Å²) in [5, 5.41) is 0. The van der Waals surface area contributed by atoms with Crippen LogP contribution in [-0.4, -0.2) is 41.9 Å². The molecular formula is C17H25ClN2OS. The van der Waals surface area contributed by atoms with E-state index in [0.29, 0.717) is 18.5 Å². The van der Waals surface area contributed by atoms with Gasteiger partial charge in [0, 0.05) is 24.0 Å². The van der Waals surface area contributed by atoms with Gasteiger partial charge in [0.15, 0.2) is 0 Å². The second kappa shape index (κ2) is 7.33. The molecule has 1 aliphatic carbocycles. The molecular weight excluding hydrogens is 316 g/mol. The molecule has 2 heterocycles. The molecule has 1 amide bonds. The van der Waals surface area contributed by atoms with Crippen molar-refractivity contribution in [3.05, 3.63) is 21.3 Å². The van der Waals surface area contributed by atoms with Crippen LogP contribution in [-0.2, 0) is 11.3 Å². The number of hydrogen-bond acceptors (Lipinski definition) is 3. The lowest BCUT2D eigenvalue weighted by Gasteiger charge is -2.44. The number of thiophene rings is 1. The van der Waals surface area contributed by atoms with Crippen molar-refractivity contribution in [1.82, 2.24) is 9.80 Å². The van der Waals surface area contributed by atoms with Gasteiger partial charge in [0.2, 0.25) is 5.91 Å². The first-order valence-electron chi connectivity index (χ1n) is 8.35. The number of likely N-dealkylation sites (tertiary alicyclic amines) is 1. The number of piperidine rings is 1. The maximum atomic E-state index is 12.7. The minimum Gasteiger partial charge on any atom is -0.338 e. The molecule has 0 N–H and O–H groups in total. The smallest absolute Gasteiger partial charge is 0.237 e. The van der Waals surface area contributed by atoms with Crippen LogP contribution in [0.1, 0.15) is 43.4 Å². The minimum absolute atomic E-state index is 0.307. The van der Waals surface area contributed by atoms with Crippen LogP contribution in [0.25, 0.3) is 0 Å². The molecule has 1 aromatic rings. The summed E-state index contributed by atoms with van der Waals surface area (Å²) in [7, 11) is 2.02. The summed E-state index contributed by atoms with van der Waals surface area (Å²) in [6.45, 7) is 2.27. The third-order valence-electron chi connectivity index (χ3n) is 5.02. The summed E-state index contributed by atoms with van der Waals surface area (Å²) in [5.74, 6) is 1.06. The van der Waals surface area contributed by atoms with Crippen molar-refractivity contribution in [3.63, 3.8) is 0 Å². The number of halogens is 1. The molecule has 0 radical (unpaired) electrons. The summed E-state index contributed by atoms with van der Waals surface area (Å²) in [5.41, 5.74) is 0. The number of carbonyl (C=O) groups excluding carboxylic acids is 1. The average Bonchev–Trinajstić information content (AvgIpc) is 2.91. The van der Waals surface area contributed by atoms with E-state index in [9.17, 15) is 4.79 Å². The minimum atomic E-state index is 0.307. The van der Waals surface area contributed by atoms with E-state index >= 15 is 0 Å². The van der Waals surface area contributed by atoms with Gasteiger partial charge >= 0.3 is 0 Å². The van der Waals surface area contributed by atoms with Crippen LogP contribution >= 0.6 is 22.9 Å². The Morgan fingerprint density at radius 2 is 2.09 bits per heavy atom. The van der Waals surface area contributed by atoms with Gasteiger partial charge in [-0.2, -0.15) is 0 Å². The number of likely N-dealkylation sites (N-methyl/N-ethyl adjacent to an activating group) is 1. The van der Waals surface area contributed by atoms with Crippen LogP contribution in [0.2, 0.25) is 4.34 Å². The molecule has 1 saturated heterocycles. The summed E-state index contributed by atoms with van der Waals surface area (Å²) in [6, 6.07) is 4.49. The van der Waals surface area contributed by atoms with E-state index in [1.54, 1.807) is 11.3 Å². The first kappa shape index (κ1) is 16.3. The molecule has 122 valence electrons. The monoisotopic (exact) mass is 340 g/mol. The fourth-order valence-electron chi connectivity index (χ4n) is 4.01. The molecule has 0 bridgehead atoms. The molecule has 0 spiro atoms. The van der Waals surface area contributed by atoms with Crippen LogP contribution < -0.4 is 0 Å². The highest BCUT2D eigenvalue weighted by Crippen LogP contribution is 2.35. The Bertz CT molecular complexity index is 517. The third-order valence-corrected chi connectivity index (χ3v) is 6.24. The quantitative estimate of drug-likeness (QED) is 0.826. The maximum Gasteiger partial charge on any atom is 0.237 e. The molecule has 1 aliphatic heterocycles. The van der Waals surface area contributed by atoms with E-state index in [0.717, 1.165) is 23.3 Å². The number of hydrogen-bond donors (Lipinski definition) is 0. The number of carbonyl (C=O) groups is 1. The summed E-state index contributed by atoms with van der Waals surface area (Å²) >= 11 is 7.57. The van der Waals surface area contributed by atoms with Gasteiger partial charge in [0.25, 0.3) is 0 Å². The van der Waals surface area contributed by atoms with Crippen molar-refractivity contribution >= 4 is 28.8 Å². The van der Waals surface area contributed by atoms with Gasteiger partial charge in [0.05, 0.1) is 10.9 Å². The van der Waals surface area contributed by atoms with Crippen molar-refractivity contribution in [2.75, 3.05) is 20.1 Å². The Kier molecular flexibility index (Phi) is 5.42. The molecule has 2 aliphatic rings. The number of fused-ring (bicyclic) bond motifs is 1. The topological polar surface area (TPSA) is 23.6 Å². The van der Waals surface area contributed by atoms with Crippen molar-refractivity contribution < 1.29 is 4.79 Å². The lowest BCUT2D eigenvalue weighted by Crippen LogP contribution is -2.52. The average molecular weight is 341 g/mol. The van der Waals surface area contributed by atoms with E-state index in [-0.39, 0.29) is 0 Å². The van der Waals surface area contributed by atoms with Crippen LogP contribution in [0.3, 0.4) is 0 Å². The number of nitrogens with zero attached hydrogens (tertiary/aromatic N) is 2. The zero-order valence-corrected chi connectivity index (χ0v) is 14.8. The van der Waals surface area contributed by atoms with Crippen LogP contribution in [0.5, 0.6) is 0 Å². The molecule has 1 aromatic heterocycles. The predicted molar refractivity (Wildman–Crippen MR) is 92.4 cm³/mol. The molecule has 0 aromatic carbocycles. The van der Waals surface area contributed by atoms with Crippen LogP contribution in [0.4, 0.5) is 0 Å². The van der Waals surface area contributed by atoms with Gasteiger partial charge in [-0.1, -0.05) is 24.4 Å². The lowest BCUT2D eigenvalue weighted by atomic mass is 9.78. The Morgan fingerprint density at radius 1 is 1.32 bits per heavy atom. The van der Waals surface area contributed by atoms with Crippen molar-refractivity contribution in [1.29, 1.82) is 0 Å². The maximum absolute atomic E-state index is 12.7. The Hall–Kier alpha value is -0.580. The van der Waals surface area contributed by atoms with E-state index in [2.05, 4.69) is 9.80 Å². The molecule has 2 unspecified atom stereocenters. The van der Waals surface area contributed by atoms with E-state index in [1.165, 1.54) is 43.4 Å². The molecule has 22 heavy (non-hydrogen) atoms. The molecule has 5 heteroatoms. The fraction of sp³-hybridized carbons (Fsp3) is 0.706.